The molecule has 0 saturated heterocycles. The molecule has 1 unspecified atom stereocenters. The lowest BCUT2D eigenvalue weighted by molar-refractivity contribution is -0.870. The van der Waals surface area contributed by atoms with Gasteiger partial charge in [-0.2, -0.15) is 0 Å². The predicted molar refractivity (Wildman–Crippen MR) is 253 cm³/mol. The Morgan fingerprint density at radius 1 is 0.574 bits per heavy atom. The van der Waals surface area contributed by atoms with E-state index in [-0.39, 0.29) is 32.2 Å². The van der Waals surface area contributed by atoms with E-state index in [9.17, 15) is 24.2 Å². The number of allylic oxidation sites excluding steroid dienone is 8. The number of aliphatic hydroxyl groups excluding tert-OH is 1. The Balaban J connectivity index is 4.36. The molecule has 0 rings (SSSR count). The highest BCUT2D eigenvalue weighted by Crippen LogP contribution is 2.43. The molecule has 356 valence electrons. The predicted octanol–water partition coefficient (Wildman–Crippen LogP) is 13.2. The summed E-state index contributed by atoms with van der Waals surface area (Å²) in [6, 6.07) is 0. The van der Waals surface area contributed by atoms with E-state index in [1.807, 2.05) is 34.1 Å². The Morgan fingerprint density at radius 2 is 1.00 bits per heavy atom. The summed E-state index contributed by atoms with van der Waals surface area (Å²) in [4.78, 5) is 35.5. The molecule has 0 aromatic heterocycles. The normalized spacial score (nSPS) is 14.4. The number of carbonyl (C=O) groups excluding carboxylic acids is 2. The van der Waals surface area contributed by atoms with Crippen molar-refractivity contribution in [3.8, 4) is 0 Å². The maximum absolute atomic E-state index is 12.7. The number of aliphatic hydroxyl groups is 1. The lowest BCUT2D eigenvalue weighted by Gasteiger charge is -2.24. The first-order valence-electron chi connectivity index (χ1n) is 24.4. The van der Waals surface area contributed by atoms with E-state index >= 15 is 0 Å². The van der Waals surface area contributed by atoms with Crippen LogP contribution in [0.4, 0.5) is 0 Å². The SMILES string of the molecule is CCCCCCCCCCCCCCCCCCCCCC(=O)O[C@H](COC(=O)CCC/C=C\C/C=C\C/C=C\C/C=C\CCC[C@@H](C)O)COP(=O)(O)OCC[N+](C)(C)C. The van der Waals surface area contributed by atoms with Gasteiger partial charge in [0.05, 0.1) is 33.9 Å². The Bertz CT molecular complexity index is 1190. The van der Waals surface area contributed by atoms with Gasteiger partial charge in [-0.15, -0.1) is 0 Å². The lowest BCUT2D eigenvalue weighted by Crippen LogP contribution is -2.37. The quantitative estimate of drug-likeness (QED) is 0.0202. The third-order valence-electron chi connectivity index (χ3n) is 10.4. The van der Waals surface area contributed by atoms with Crippen LogP contribution in [-0.4, -0.2) is 86.1 Å². The number of esters is 2. The molecular weight excluding hydrogens is 790 g/mol. The number of ether oxygens (including phenoxy) is 2. The summed E-state index contributed by atoms with van der Waals surface area (Å²) in [5.74, 6) is -0.875. The number of phosphoric ester groups is 1. The van der Waals surface area contributed by atoms with Crippen molar-refractivity contribution in [1.29, 1.82) is 0 Å². The number of hydrogen-bond acceptors (Lipinski definition) is 8. The zero-order valence-electron chi connectivity index (χ0n) is 39.8. The first-order chi connectivity index (χ1) is 29.3. The van der Waals surface area contributed by atoms with E-state index in [2.05, 4.69) is 49.5 Å². The molecule has 61 heavy (non-hydrogen) atoms. The summed E-state index contributed by atoms with van der Waals surface area (Å²) in [7, 11) is 1.43. The van der Waals surface area contributed by atoms with Gasteiger partial charge < -0.3 is 24.0 Å². The number of carbonyl (C=O) groups is 2. The smallest absolute Gasteiger partial charge is 0.462 e. The Kier molecular flexibility index (Phi) is 40.5. The highest BCUT2D eigenvalue weighted by molar-refractivity contribution is 7.47. The first-order valence-corrected chi connectivity index (χ1v) is 25.9. The fourth-order valence-corrected chi connectivity index (χ4v) is 7.30. The van der Waals surface area contributed by atoms with Gasteiger partial charge in [-0.3, -0.25) is 18.6 Å². The number of hydrogen-bond donors (Lipinski definition) is 2. The van der Waals surface area contributed by atoms with Crippen LogP contribution in [0.25, 0.3) is 0 Å². The minimum atomic E-state index is -4.40. The third kappa shape index (κ3) is 47.2. The molecule has 0 fully saturated rings. The van der Waals surface area contributed by atoms with E-state index in [1.165, 1.54) is 96.3 Å². The van der Waals surface area contributed by atoms with Crippen LogP contribution in [0.3, 0.4) is 0 Å². The van der Waals surface area contributed by atoms with Crippen LogP contribution >= 0.6 is 7.82 Å². The monoisotopic (exact) mass is 883 g/mol. The average molecular weight is 883 g/mol. The molecule has 0 amide bonds. The van der Waals surface area contributed by atoms with E-state index in [1.54, 1.807) is 0 Å². The molecule has 0 radical (unpaired) electrons. The molecular formula is C50H93NO9P+. The van der Waals surface area contributed by atoms with E-state index in [0.29, 0.717) is 23.9 Å². The van der Waals surface area contributed by atoms with Crippen molar-refractivity contribution in [2.45, 2.75) is 212 Å². The van der Waals surface area contributed by atoms with Crippen molar-refractivity contribution in [2.24, 2.45) is 0 Å². The van der Waals surface area contributed by atoms with Crippen molar-refractivity contribution >= 4 is 19.8 Å². The lowest BCUT2D eigenvalue weighted by atomic mass is 10.0. The molecule has 10 nitrogen and oxygen atoms in total. The van der Waals surface area contributed by atoms with E-state index in [0.717, 1.165) is 64.2 Å². The van der Waals surface area contributed by atoms with Crippen LogP contribution in [-0.2, 0) is 32.7 Å². The van der Waals surface area contributed by atoms with Gasteiger partial charge in [0.25, 0.3) is 0 Å². The van der Waals surface area contributed by atoms with Crippen LogP contribution in [0.15, 0.2) is 48.6 Å². The van der Waals surface area contributed by atoms with Gasteiger partial charge in [0.15, 0.2) is 6.10 Å². The summed E-state index contributed by atoms with van der Waals surface area (Å²) < 4.78 is 34.3. The summed E-state index contributed by atoms with van der Waals surface area (Å²) in [5.41, 5.74) is 0. The number of likely N-dealkylation sites (N-methyl/N-ethyl adjacent to an activating group) is 1. The standard InChI is InChI=1S/C50H92NO9P/c1-6-7-8-9-10-11-12-13-14-15-16-17-20-24-27-30-33-36-39-42-50(54)60-48(46-59-61(55,56)58-44-43-51(3,4)5)45-57-49(53)41-38-35-32-29-26-23-21-18-19-22-25-28-31-34-37-40-47(2)52/h19,21-23,28-29,31-32,47-48,52H,6-18,20,24-27,30,33-46H2,1-5H3/p+1/b22-19-,23-21-,31-28-,32-29-/t47-,48-/m1/s1. The number of quaternary nitrogens is 1. The molecule has 0 bridgehead atoms. The Hall–Kier alpha value is -2.07. The number of unbranched alkanes of at least 4 members (excludes halogenated alkanes) is 20. The second-order valence-electron chi connectivity index (χ2n) is 17.8. The number of phosphoric acid groups is 1. The molecule has 0 aromatic rings. The average Bonchev–Trinajstić information content (AvgIpc) is 3.20. The zero-order chi connectivity index (χ0) is 45.1. The molecule has 0 aliphatic carbocycles. The van der Waals surface area contributed by atoms with Gasteiger partial charge in [-0.1, -0.05) is 171 Å². The van der Waals surface area contributed by atoms with Gasteiger partial charge in [0.2, 0.25) is 0 Å². The second-order valence-corrected chi connectivity index (χ2v) is 19.2. The minimum Gasteiger partial charge on any atom is -0.462 e. The van der Waals surface area contributed by atoms with Gasteiger partial charge in [0, 0.05) is 12.8 Å². The molecule has 0 spiro atoms. The highest BCUT2D eigenvalue weighted by Gasteiger charge is 2.27. The molecule has 11 heteroatoms. The summed E-state index contributed by atoms with van der Waals surface area (Å²) in [6.45, 7) is 3.92. The van der Waals surface area contributed by atoms with Crippen LogP contribution in [0.2, 0.25) is 0 Å². The molecule has 0 aromatic carbocycles. The van der Waals surface area contributed by atoms with Crippen LogP contribution < -0.4 is 0 Å². The van der Waals surface area contributed by atoms with Crippen molar-refractivity contribution in [3.63, 3.8) is 0 Å². The fraction of sp³-hybridized carbons (Fsp3) is 0.800. The second kappa shape index (κ2) is 41.9. The topological polar surface area (TPSA) is 129 Å². The van der Waals surface area contributed by atoms with E-state index < -0.39 is 32.5 Å². The molecule has 3 atom stereocenters. The molecule has 0 aliphatic rings. The maximum atomic E-state index is 12.7. The van der Waals surface area contributed by atoms with Crippen LogP contribution in [0.1, 0.15) is 200 Å². The minimum absolute atomic E-state index is 0.0179. The summed E-state index contributed by atoms with van der Waals surface area (Å²) in [6.07, 6.45) is 47.3. The van der Waals surface area contributed by atoms with Crippen molar-refractivity contribution in [3.05, 3.63) is 48.6 Å². The van der Waals surface area contributed by atoms with Gasteiger partial charge in [0.1, 0.15) is 19.8 Å². The summed E-state index contributed by atoms with van der Waals surface area (Å²) >= 11 is 0. The largest absolute Gasteiger partial charge is 0.472 e. The van der Waals surface area contributed by atoms with E-state index in [4.69, 9.17) is 18.5 Å². The van der Waals surface area contributed by atoms with Gasteiger partial charge in [-0.25, -0.2) is 4.57 Å². The Labute approximate surface area is 374 Å². The Morgan fingerprint density at radius 3 is 1.46 bits per heavy atom. The first kappa shape index (κ1) is 58.9. The maximum Gasteiger partial charge on any atom is 0.472 e. The van der Waals surface area contributed by atoms with Gasteiger partial charge in [-0.05, 0) is 64.7 Å². The fourth-order valence-electron chi connectivity index (χ4n) is 6.56. The number of nitrogens with zero attached hydrogens (tertiary/aromatic N) is 1. The van der Waals surface area contributed by atoms with Crippen LogP contribution in [0, 0.1) is 0 Å². The van der Waals surface area contributed by atoms with Crippen LogP contribution in [0.5, 0.6) is 0 Å². The van der Waals surface area contributed by atoms with Crippen molar-refractivity contribution < 1.29 is 47.2 Å². The zero-order valence-corrected chi connectivity index (χ0v) is 40.6. The van der Waals surface area contributed by atoms with Crippen molar-refractivity contribution in [1.82, 2.24) is 0 Å². The molecule has 0 aliphatic heterocycles. The molecule has 0 saturated carbocycles. The van der Waals surface area contributed by atoms with Crippen molar-refractivity contribution in [2.75, 3.05) is 47.5 Å². The van der Waals surface area contributed by atoms with Gasteiger partial charge >= 0.3 is 19.8 Å². The number of rotatable bonds is 44. The third-order valence-corrected chi connectivity index (χ3v) is 11.4. The summed E-state index contributed by atoms with van der Waals surface area (Å²) in [5, 5.41) is 9.28. The molecule has 2 N–H and O–H groups in total. The molecule has 0 heterocycles. The highest BCUT2D eigenvalue weighted by atomic mass is 31.2.